The van der Waals surface area contributed by atoms with E-state index in [9.17, 15) is 8.78 Å². The van der Waals surface area contributed by atoms with Crippen molar-refractivity contribution in [2.45, 2.75) is 50.1 Å². The van der Waals surface area contributed by atoms with Gasteiger partial charge in [0.25, 0.3) is 5.92 Å². The Kier molecular flexibility index (Phi) is 2.75. The van der Waals surface area contributed by atoms with Gasteiger partial charge < -0.3 is 5.73 Å². The van der Waals surface area contributed by atoms with Crippen molar-refractivity contribution in [2.24, 2.45) is 5.73 Å². The van der Waals surface area contributed by atoms with E-state index in [2.05, 4.69) is 4.90 Å². The Hall–Kier alpha value is -0.220. The van der Waals surface area contributed by atoms with E-state index >= 15 is 0 Å². The molecule has 4 heteroatoms. The van der Waals surface area contributed by atoms with E-state index in [1.165, 1.54) is 0 Å². The molecule has 0 aromatic heterocycles. The van der Waals surface area contributed by atoms with Crippen molar-refractivity contribution in [1.82, 2.24) is 4.90 Å². The van der Waals surface area contributed by atoms with E-state index in [0.29, 0.717) is 6.42 Å². The summed E-state index contributed by atoms with van der Waals surface area (Å²) < 4.78 is 26.7. The van der Waals surface area contributed by atoms with E-state index in [-0.39, 0.29) is 12.5 Å². The van der Waals surface area contributed by atoms with Gasteiger partial charge in [-0.2, -0.15) is 0 Å². The second-order valence-corrected chi connectivity index (χ2v) is 4.49. The van der Waals surface area contributed by atoms with Crippen LogP contribution in [-0.4, -0.2) is 36.0 Å². The van der Waals surface area contributed by atoms with Crippen LogP contribution in [-0.2, 0) is 0 Å². The number of likely N-dealkylation sites (tertiary alicyclic amines) is 1. The van der Waals surface area contributed by atoms with Crippen LogP contribution < -0.4 is 5.73 Å². The maximum Gasteiger partial charge on any atom is 0.264 e. The highest BCUT2D eigenvalue weighted by Crippen LogP contribution is 2.35. The van der Waals surface area contributed by atoms with Gasteiger partial charge in [0.2, 0.25) is 0 Å². The minimum absolute atomic E-state index is 0.0293. The summed E-state index contributed by atoms with van der Waals surface area (Å²) in [4.78, 5) is 2.15. The summed E-state index contributed by atoms with van der Waals surface area (Å²) in [5.41, 5.74) is 5.64. The summed E-state index contributed by atoms with van der Waals surface area (Å²) in [5, 5.41) is 0. The minimum atomic E-state index is -2.65. The molecular formula is C10H18F2N2. The van der Waals surface area contributed by atoms with Gasteiger partial charge in [-0.05, 0) is 38.8 Å². The smallest absolute Gasteiger partial charge is 0.264 e. The van der Waals surface area contributed by atoms with Gasteiger partial charge in [0, 0.05) is 12.5 Å². The van der Waals surface area contributed by atoms with E-state index in [1.54, 1.807) is 0 Å². The predicted octanol–water partition coefficient (Wildman–Crippen LogP) is 1.60. The largest absolute Gasteiger partial charge is 0.321 e. The fraction of sp³-hybridized carbons (Fsp3) is 1.00. The third-order valence-corrected chi connectivity index (χ3v) is 3.52. The number of hydrogen-bond acceptors (Lipinski definition) is 2. The zero-order valence-electron chi connectivity index (χ0n) is 8.38. The molecule has 0 bridgehead atoms. The van der Waals surface area contributed by atoms with Crippen LogP contribution in [0.4, 0.5) is 8.78 Å². The highest BCUT2D eigenvalue weighted by Gasteiger charge is 2.46. The maximum atomic E-state index is 13.3. The van der Waals surface area contributed by atoms with Crippen LogP contribution in [0.1, 0.15) is 32.1 Å². The van der Waals surface area contributed by atoms with Crippen LogP contribution in [0.5, 0.6) is 0 Å². The SMILES string of the molecule is N[C@@H]1[C@@H](N2CCCC2)CCCC1(F)F. The Balaban J connectivity index is 2.03. The van der Waals surface area contributed by atoms with Crippen molar-refractivity contribution < 1.29 is 8.78 Å². The summed E-state index contributed by atoms with van der Waals surface area (Å²) in [6.45, 7) is 1.91. The lowest BCUT2D eigenvalue weighted by Crippen LogP contribution is -2.58. The first-order valence-corrected chi connectivity index (χ1v) is 5.49. The Labute approximate surface area is 83.4 Å². The van der Waals surface area contributed by atoms with Crippen LogP contribution in [0, 0.1) is 0 Å². The van der Waals surface area contributed by atoms with Gasteiger partial charge in [-0.3, -0.25) is 4.90 Å². The third-order valence-electron chi connectivity index (χ3n) is 3.52. The molecule has 2 nitrogen and oxygen atoms in total. The fourth-order valence-corrected chi connectivity index (χ4v) is 2.66. The molecule has 2 fully saturated rings. The molecule has 2 N–H and O–H groups in total. The molecule has 0 unspecified atom stereocenters. The molecule has 0 aromatic carbocycles. The number of rotatable bonds is 1. The molecule has 0 radical (unpaired) electrons. The number of nitrogens with zero attached hydrogens (tertiary/aromatic N) is 1. The third kappa shape index (κ3) is 1.77. The van der Waals surface area contributed by atoms with Gasteiger partial charge in [0.15, 0.2) is 0 Å². The molecule has 2 rings (SSSR count). The molecule has 1 saturated carbocycles. The van der Waals surface area contributed by atoms with Crippen LogP contribution in [0.25, 0.3) is 0 Å². The van der Waals surface area contributed by atoms with E-state index in [0.717, 1.165) is 32.4 Å². The lowest BCUT2D eigenvalue weighted by molar-refractivity contribution is -0.0796. The average molecular weight is 204 g/mol. The lowest BCUT2D eigenvalue weighted by atomic mass is 9.86. The number of alkyl halides is 2. The molecule has 2 atom stereocenters. The quantitative estimate of drug-likeness (QED) is 0.703. The molecule has 0 amide bonds. The van der Waals surface area contributed by atoms with Gasteiger partial charge in [-0.1, -0.05) is 0 Å². The highest BCUT2D eigenvalue weighted by atomic mass is 19.3. The van der Waals surface area contributed by atoms with Crippen molar-refractivity contribution in [1.29, 1.82) is 0 Å². The fourth-order valence-electron chi connectivity index (χ4n) is 2.66. The first-order chi connectivity index (χ1) is 6.61. The lowest BCUT2D eigenvalue weighted by Gasteiger charge is -2.40. The van der Waals surface area contributed by atoms with Crippen LogP contribution in [0.2, 0.25) is 0 Å². The first-order valence-electron chi connectivity index (χ1n) is 5.49. The van der Waals surface area contributed by atoms with Crippen molar-refractivity contribution in [2.75, 3.05) is 13.1 Å². The van der Waals surface area contributed by atoms with Crippen molar-refractivity contribution in [3.05, 3.63) is 0 Å². The van der Waals surface area contributed by atoms with Crippen molar-refractivity contribution in [3.8, 4) is 0 Å². The Morgan fingerprint density at radius 1 is 1.14 bits per heavy atom. The molecule has 1 saturated heterocycles. The van der Waals surface area contributed by atoms with Crippen LogP contribution in [0.15, 0.2) is 0 Å². The second-order valence-electron chi connectivity index (χ2n) is 4.49. The highest BCUT2D eigenvalue weighted by molar-refractivity contribution is 4.96. The normalized spacial score (nSPS) is 38.8. The summed E-state index contributed by atoms with van der Waals surface area (Å²) in [6, 6.07) is -1.03. The standard InChI is InChI=1S/C10H18F2N2/c11-10(12)5-3-4-8(9(10)13)14-6-1-2-7-14/h8-9H,1-7,13H2/t8-,9+/m0/s1. The van der Waals surface area contributed by atoms with Gasteiger partial charge in [0.05, 0.1) is 6.04 Å². The molecule has 1 heterocycles. The number of hydrogen-bond donors (Lipinski definition) is 1. The van der Waals surface area contributed by atoms with Gasteiger partial charge in [-0.25, -0.2) is 8.78 Å². The Morgan fingerprint density at radius 3 is 2.43 bits per heavy atom. The van der Waals surface area contributed by atoms with Crippen LogP contribution >= 0.6 is 0 Å². The van der Waals surface area contributed by atoms with Crippen LogP contribution in [0.3, 0.4) is 0 Å². The van der Waals surface area contributed by atoms with E-state index in [1.807, 2.05) is 0 Å². The average Bonchev–Trinajstić information content (AvgIpc) is 2.62. The molecule has 1 aliphatic carbocycles. The summed E-state index contributed by atoms with van der Waals surface area (Å²) in [7, 11) is 0. The van der Waals surface area contributed by atoms with Gasteiger partial charge in [0.1, 0.15) is 0 Å². The van der Waals surface area contributed by atoms with Gasteiger partial charge in [-0.15, -0.1) is 0 Å². The molecule has 2 aliphatic rings. The van der Waals surface area contributed by atoms with Crippen molar-refractivity contribution >= 4 is 0 Å². The number of halogens is 2. The monoisotopic (exact) mass is 204 g/mol. The first kappa shape index (κ1) is 10.3. The maximum absolute atomic E-state index is 13.3. The molecule has 1 aliphatic heterocycles. The summed E-state index contributed by atoms with van der Waals surface area (Å²) >= 11 is 0. The Bertz CT molecular complexity index is 202. The number of nitrogens with two attached hydrogens (primary N) is 1. The summed E-state index contributed by atoms with van der Waals surface area (Å²) in [6.07, 6.45) is 3.70. The zero-order chi connectivity index (χ0) is 10.2. The minimum Gasteiger partial charge on any atom is -0.321 e. The van der Waals surface area contributed by atoms with E-state index in [4.69, 9.17) is 5.73 Å². The molecule has 82 valence electrons. The Morgan fingerprint density at radius 2 is 1.79 bits per heavy atom. The molecular weight excluding hydrogens is 186 g/mol. The predicted molar refractivity (Wildman–Crippen MR) is 51.4 cm³/mol. The zero-order valence-corrected chi connectivity index (χ0v) is 8.38. The molecule has 0 aromatic rings. The van der Waals surface area contributed by atoms with E-state index < -0.39 is 12.0 Å². The topological polar surface area (TPSA) is 29.3 Å². The van der Waals surface area contributed by atoms with Gasteiger partial charge >= 0.3 is 0 Å². The van der Waals surface area contributed by atoms with Crippen molar-refractivity contribution in [3.63, 3.8) is 0 Å². The second kappa shape index (κ2) is 3.74. The molecule has 14 heavy (non-hydrogen) atoms. The molecule has 0 spiro atoms. The summed E-state index contributed by atoms with van der Waals surface area (Å²) in [5.74, 6) is -2.65.